The van der Waals surface area contributed by atoms with Gasteiger partial charge in [0.25, 0.3) is 0 Å². The molecular formula is C12H18BrLiOSi. The summed E-state index contributed by atoms with van der Waals surface area (Å²) in [5.74, 6) is 0.913. The topological polar surface area (TPSA) is 9.23 Å². The van der Waals surface area contributed by atoms with Crippen LogP contribution in [0.2, 0.25) is 18.1 Å². The summed E-state index contributed by atoms with van der Waals surface area (Å²) < 4.78 is 7.14. The van der Waals surface area contributed by atoms with Crippen LogP contribution in [0.1, 0.15) is 20.8 Å². The molecule has 1 aromatic carbocycles. The van der Waals surface area contributed by atoms with Crippen LogP contribution in [0.3, 0.4) is 0 Å². The third-order valence-corrected chi connectivity index (χ3v) is 7.72. The maximum atomic E-state index is 6.12. The minimum absolute atomic E-state index is 0. The van der Waals surface area contributed by atoms with Gasteiger partial charge in [0.2, 0.25) is 8.32 Å². The molecule has 0 radical (unpaired) electrons. The Morgan fingerprint density at radius 3 is 2.25 bits per heavy atom. The van der Waals surface area contributed by atoms with Crippen molar-refractivity contribution in [3.63, 3.8) is 0 Å². The van der Waals surface area contributed by atoms with Gasteiger partial charge in [-0.05, 0) is 23.9 Å². The molecule has 0 spiro atoms. The van der Waals surface area contributed by atoms with Gasteiger partial charge in [-0.15, -0.1) is 28.1 Å². The Bertz CT molecular complexity index is 347. The summed E-state index contributed by atoms with van der Waals surface area (Å²) >= 11 is 3.42. The Morgan fingerprint density at radius 1 is 1.25 bits per heavy atom. The van der Waals surface area contributed by atoms with Crippen LogP contribution in [-0.4, -0.2) is 8.32 Å². The zero-order valence-electron chi connectivity index (χ0n) is 11.0. The molecule has 0 saturated heterocycles. The Kier molecular flexibility index (Phi) is 5.89. The van der Waals surface area contributed by atoms with E-state index in [0.29, 0.717) is 0 Å². The summed E-state index contributed by atoms with van der Waals surface area (Å²) in [6, 6.07) is 8.83. The molecule has 0 aromatic heterocycles. The minimum atomic E-state index is -1.71. The fourth-order valence-corrected chi connectivity index (χ4v) is 2.30. The van der Waals surface area contributed by atoms with Gasteiger partial charge >= 0.3 is 18.9 Å². The zero-order chi connectivity index (χ0) is 11.7. The SMILES string of the molecule is CC(C)(C)[Si](C)(C)Oc1c[c-]cc(Br)c1.[Li+]. The van der Waals surface area contributed by atoms with Crippen LogP contribution in [0.15, 0.2) is 22.7 Å². The van der Waals surface area contributed by atoms with E-state index < -0.39 is 8.32 Å². The summed E-state index contributed by atoms with van der Waals surface area (Å²) in [5, 5.41) is 0.231. The van der Waals surface area contributed by atoms with E-state index in [1.54, 1.807) is 0 Å². The Labute approximate surface area is 120 Å². The molecule has 0 aliphatic heterocycles. The van der Waals surface area contributed by atoms with Crippen molar-refractivity contribution in [3.8, 4) is 5.75 Å². The van der Waals surface area contributed by atoms with Crippen molar-refractivity contribution >= 4 is 24.2 Å². The van der Waals surface area contributed by atoms with E-state index in [9.17, 15) is 0 Å². The summed E-state index contributed by atoms with van der Waals surface area (Å²) in [7, 11) is -1.71. The molecular weight excluding hydrogens is 275 g/mol. The first kappa shape index (κ1) is 16.3. The second-order valence-corrected chi connectivity index (χ2v) is 10.9. The number of hydrogen-bond donors (Lipinski definition) is 0. The molecule has 16 heavy (non-hydrogen) atoms. The van der Waals surface area contributed by atoms with Gasteiger partial charge in [-0.2, -0.15) is 12.1 Å². The minimum Gasteiger partial charge on any atom is -0.602 e. The van der Waals surface area contributed by atoms with Crippen molar-refractivity contribution in [1.29, 1.82) is 0 Å². The third kappa shape index (κ3) is 4.29. The summed E-state index contributed by atoms with van der Waals surface area (Å²) in [6.45, 7) is 11.2. The molecule has 1 aromatic rings. The van der Waals surface area contributed by atoms with E-state index in [1.165, 1.54) is 0 Å². The van der Waals surface area contributed by atoms with E-state index >= 15 is 0 Å². The molecule has 0 heterocycles. The van der Waals surface area contributed by atoms with Crippen LogP contribution >= 0.6 is 15.9 Å². The van der Waals surface area contributed by atoms with Crippen molar-refractivity contribution in [1.82, 2.24) is 0 Å². The van der Waals surface area contributed by atoms with Gasteiger partial charge in [-0.25, -0.2) is 0 Å². The second-order valence-electron chi connectivity index (χ2n) is 5.25. The fourth-order valence-electron chi connectivity index (χ4n) is 0.929. The molecule has 0 aliphatic rings. The van der Waals surface area contributed by atoms with Gasteiger partial charge < -0.3 is 4.43 Å². The average Bonchev–Trinajstić information content (AvgIpc) is 2.00. The van der Waals surface area contributed by atoms with E-state index in [0.717, 1.165) is 10.2 Å². The van der Waals surface area contributed by atoms with Gasteiger partial charge in [0.1, 0.15) is 0 Å². The molecule has 84 valence electrons. The van der Waals surface area contributed by atoms with Gasteiger partial charge in [-0.1, -0.05) is 25.2 Å². The molecule has 4 heteroatoms. The number of hydrogen-bond acceptors (Lipinski definition) is 1. The number of benzene rings is 1. The van der Waals surface area contributed by atoms with Crippen LogP contribution in [0.4, 0.5) is 0 Å². The predicted octanol–water partition coefficient (Wildman–Crippen LogP) is 1.64. The summed E-state index contributed by atoms with van der Waals surface area (Å²) in [5.41, 5.74) is 0. The number of rotatable bonds is 2. The molecule has 0 unspecified atom stereocenters. The molecule has 1 nitrogen and oxygen atoms in total. The smallest absolute Gasteiger partial charge is 0.602 e. The van der Waals surface area contributed by atoms with Gasteiger partial charge in [0, 0.05) is 0 Å². The molecule has 0 atom stereocenters. The second kappa shape index (κ2) is 5.77. The van der Waals surface area contributed by atoms with Crippen LogP contribution in [0.5, 0.6) is 5.75 Å². The van der Waals surface area contributed by atoms with E-state index in [2.05, 4.69) is 55.9 Å². The molecule has 0 aliphatic carbocycles. The van der Waals surface area contributed by atoms with Crippen molar-refractivity contribution in [3.05, 3.63) is 28.7 Å². The van der Waals surface area contributed by atoms with Gasteiger partial charge in [-0.3, -0.25) is 0 Å². The van der Waals surface area contributed by atoms with Crippen LogP contribution < -0.4 is 23.3 Å². The Balaban J connectivity index is 0.00000225. The maximum absolute atomic E-state index is 6.12. The monoisotopic (exact) mass is 292 g/mol. The van der Waals surface area contributed by atoms with E-state index in [4.69, 9.17) is 4.43 Å². The predicted molar refractivity (Wildman–Crippen MR) is 70.8 cm³/mol. The summed E-state index contributed by atoms with van der Waals surface area (Å²) in [4.78, 5) is 0. The van der Waals surface area contributed by atoms with Gasteiger partial charge in [0.15, 0.2) is 0 Å². The normalized spacial score (nSPS) is 11.9. The molecule has 0 bridgehead atoms. The number of halogens is 1. The van der Waals surface area contributed by atoms with Crippen LogP contribution in [0.25, 0.3) is 0 Å². The molecule has 1 rings (SSSR count). The van der Waals surface area contributed by atoms with Crippen LogP contribution in [-0.2, 0) is 0 Å². The fraction of sp³-hybridized carbons (Fsp3) is 0.500. The molecule has 0 N–H and O–H groups in total. The zero-order valence-corrected chi connectivity index (χ0v) is 13.6. The van der Waals surface area contributed by atoms with E-state index in [1.807, 2.05) is 18.2 Å². The largest absolute Gasteiger partial charge is 1.00 e. The standard InChI is InChI=1S/C12H18BrOSi.Li/c1-12(2,3)15(4,5)14-11-8-6-7-10(13)9-11;/h7-9H,1-5H3;/q-1;+1. The first-order chi connectivity index (χ1) is 6.72. The van der Waals surface area contributed by atoms with Crippen molar-refractivity contribution in [2.24, 2.45) is 0 Å². The van der Waals surface area contributed by atoms with Crippen molar-refractivity contribution in [2.45, 2.75) is 38.9 Å². The Morgan fingerprint density at radius 2 is 1.81 bits per heavy atom. The maximum Gasteiger partial charge on any atom is 1.00 e. The molecule has 0 amide bonds. The first-order valence-electron chi connectivity index (χ1n) is 5.08. The third-order valence-electron chi connectivity index (χ3n) is 2.91. The van der Waals surface area contributed by atoms with Crippen molar-refractivity contribution < 1.29 is 23.3 Å². The van der Waals surface area contributed by atoms with Crippen molar-refractivity contribution in [2.75, 3.05) is 0 Å². The van der Waals surface area contributed by atoms with E-state index in [-0.39, 0.29) is 23.9 Å². The first-order valence-corrected chi connectivity index (χ1v) is 8.78. The molecule has 0 fully saturated rings. The van der Waals surface area contributed by atoms with Gasteiger partial charge in [0.05, 0.1) is 0 Å². The van der Waals surface area contributed by atoms with Crippen LogP contribution in [0, 0.1) is 6.07 Å². The quantitative estimate of drug-likeness (QED) is 0.595. The average molecular weight is 293 g/mol. The Hall–Kier alpha value is 0.314. The molecule has 0 saturated carbocycles. The summed E-state index contributed by atoms with van der Waals surface area (Å²) in [6.07, 6.45) is 0.